The molecule has 2 aromatic heterocycles. The highest BCUT2D eigenvalue weighted by molar-refractivity contribution is 6.13. The molecule has 0 amide bonds. The van der Waals surface area contributed by atoms with Gasteiger partial charge in [-0.3, -0.25) is 4.90 Å². The van der Waals surface area contributed by atoms with E-state index in [2.05, 4.69) is 204 Å². The van der Waals surface area contributed by atoms with E-state index in [0.717, 1.165) is 44.4 Å². The zero-order chi connectivity index (χ0) is 44.0. The van der Waals surface area contributed by atoms with Gasteiger partial charge in [0.25, 0.3) is 0 Å². The lowest BCUT2D eigenvalue weighted by atomic mass is 9.80. The normalized spacial score (nSPS) is 15.3. The Labute approximate surface area is 379 Å². The molecule has 0 saturated heterocycles. The lowest BCUT2D eigenvalue weighted by Crippen LogP contribution is -2.19. The molecule has 0 atom stereocenters. The fraction of sp³-hybridized carbons (Fsp3) is 0.150. The quantitative estimate of drug-likeness (QED) is 0.173. The van der Waals surface area contributed by atoms with Crippen LogP contribution in [-0.4, -0.2) is 15.0 Å². The third kappa shape index (κ3) is 5.24. The monoisotopic (exact) mass is 838 g/mol. The molecule has 5 heteroatoms. The first-order valence-electron chi connectivity index (χ1n) is 22.7. The third-order valence-corrected chi connectivity index (χ3v) is 14.9. The first kappa shape index (κ1) is 37.9. The number of anilines is 3. The van der Waals surface area contributed by atoms with Gasteiger partial charge in [-0.15, -0.1) is 0 Å². The summed E-state index contributed by atoms with van der Waals surface area (Å²) in [6.07, 6.45) is 0. The van der Waals surface area contributed by atoms with E-state index in [0.29, 0.717) is 17.6 Å². The maximum absolute atomic E-state index is 6.56. The van der Waals surface area contributed by atoms with E-state index >= 15 is 0 Å². The first-order chi connectivity index (χ1) is 31.5. The molecule has 0 fully saturated rings. The Hall–Kier alpha value is -7.63. The van der Waals surface area contributed by atoms with E-state index in [4.69, 9.17) is 19.4 Å². The average molecular weight is 839 g/mol. The second-order valence-electron chi connectivity index (χ2n) is 19.6. The van der Waals surface area contributed by atoms with E-state index in [9.17, 15) is 0 Å². The van der Waals surface area contributed by atoms with Crippen molar-refractivity contribution < 1.29 is 4.42 Å². The second kappa shape index (κ2) is 13.2. The summed E-state index contributed by atoms with van der Waals surface area (Å²) in [6, 6.07) is 61.2. The van der Waals surface area contributed by atoms with Crippen LogP contribution in [0.25, 0.3) is 78.1 Å². The molecule has 3 aliphatic carbocycles. The fourth-order valence-electron chi connectivity index (χ4n) is 11.7. The van der Waals surface area contributed by atoms with E-state index < -0.39 is 0 Å². The van der Waals surface area contributed by atoms with Crippen molar-refractivity contribution in [1.82, 2.24) is 15.0 Å². The number of furan rings is 1. The van der Waals surface area contributed by atoms with E-state index in [-0.39, 0.29) is 16.2 Å². The van der Waals surface area contributed by atoms with Crippen molar-refractivity contribution in [3.05, 3.63) is 203 Å². The van der Waals surface area contributed by atoms with Gasteiger partial charge in [-0.05, 0) is 103 Å². The molecule has 65 heavy (non-hydrogen) atoms. The highest BCUT2D eigenvalue weighted by Gasteiger charge is 2.40. The van der Waals surface area contributed by atoms with Gasteiger partial charge >= 0.3 is 0 Å². The topological polar surface area (TPSA) is 55.1 Å². The van der Waals surface area contributed by atoms with Gasteiger partial charge in [-0.25, -0.2) is 4.98 Å². The Kier molecular flexibility index (Phi) is 7.70. The molecule has 0 radical (unpaired) electrons. The second-order valence-corrected chi connectivity index (χ2v) is 19.6. The Balaban J connectivity index is 1.11. The van der Waals surface area contributed by atoms with Crippen molar-refractivity contribution in [2.75, 3.05) is 4.90 Å². The highest BCUT2D eigenvalue weighted by atomic mass is 16.3. The number of benzene rings is 8. The zero-order valence-corrected chi connectivity index (χ0v) is 37.4. The molecule has 13 rings (SSSR count). The first-order valence-corrected chi connectivity index (χ1v) is 22.7. The molecule has 3 aliphatic rings. The van der Waals surface area contributed by atoms with Crippen LogP contribution in [0.15, 0.2) is 174 Å². The van der Waals surface area contributed by atoms with Crippen molar-refractivity contribution >= 4 is 39.3 Å². The lowest BCUT2D eigenvalue weighted by Gasteiger charge is -2.28. The van der Waals surface area contributed by atoms with Crippen LogP contribution in [0, 0.1) is 0 Å². The largest absolute Gasteiger partial charge is 0.456 e. The average Bonchev–Trinajstić information content (AvgIpc) is 3.98. The van der Waals surface area contributed by atoms with Crippen LogP contribution in [0.3, 0.4) is 0 Å². The molecule has 5 nitrogen and oxygen atoms in total. The summed E-state index contributed by atoms with van der Waals surface area (Å²) in [5.41, 5.74) is 20.1. The summed E-state index contributed by atoms with van der Waals surface area (Å²) in [4.78, 5) is 19.0. The Morgan fingerprint density at radius 1 is 0.400 bits per heavy atom. The molecule has 0 N–H and O–H groups in total. The van der Waals surface area contributed by atoms with Crippen LogP contribution < -0.4 is 4.90 Å². The molecule has 2 heterocycles. The van der Waals surface area contributed by atoms with Gasteiger partial charge in [0.15, 0.2) is 11.6 Å². The summed E-state index contributed by atoms with van der Waals surface area (Å²) in [5.74, 6) is 1.78. The van der Waals surface area contributed by atoms with Crippen LogP contribution in [0.1, 0.15) is 74.9 Å². The minimum atomic E-state index is -0.292. The van der Waals surface area contributed by atoms with Gasteiger partial charge in [0.1, 0.15) is 11.2 Å². The standard InChI is InChI=1S/C60H46N4O/c1-58(2)46-24-12-9-19-39(46)44-33-35(29-32-48(44)58)55-61-56(43-22-15-21-41-38-18-8-13-25-47(38)60(5,6)54(41)43)63-57(62-55)64(50-26-16-28-52-53(50)42-20-10-14-27-51(42)65-52)36-30-31-40-37-17-7-11-23-45(37)59(3,4)49(40)34-36/h7-34H,1-6H3. The van der Waals surface area contributed by atoms with Crippen LogP contribution in [0.2, 0.25) is 0 Å². The highest BCUT2D eigenvalue weighted by Crippen LogP contribution is 2.54. The fourth-order valence-corrected chi connectivity index (χ4v) is 11.7. The summed E-state index contributed by atoms with van der Waals surface area (Å²) in [6.45, 7) is 14.0. The third-order valence-electron chi connectivity index (χ3n) is 14.9. The molecule has 10 aromatic rings. The Morgan fingerprint density at radius 3 is 1.72 bits per heavy atom. The molecular weight excluding hydrogens is 793 g/mol. The zero-order valence-electron chi connectivity index (χ0n) is 37.4. The number of para-hydroxylation sites is 1. The van der Waals surface area contributed by atoms with Gasteiger partial charge in [0, 0.05) is 38.4 Å². The number of nitrogens with zero attached hydrogens (tertiary/aromatic N) is 4. The maximum Gasteiger partial charge on any atom is 0.238 e. The molecule has 0 aliphatic heterocycles. The SMILES string of the molecule is CC1(C)c2ccccc2-c2cc(-c3nc(-c4cccc5c4C(C)(C)c4ccccc4-5)nc(N(c4ccc5c(c4)C(C)(C)c4ccccc4-5)c4cccc5oc6ccccc6c45)n3)ccc21. The van der Waals surface area contributed by atoms with Crippen molar-refractivity contribution in [2.24, 2.45) is 0 Å². The molecule has 8 aromatic carbocycles. The van der Waals surface area contributed by atoms with Gasteiger partial charge in [0.2, 0.25) is 5.95 Å². The predicted octanol–water partition coefficient (Wildman–Crippen LogP) is 15.5. The summed E-state index contributed by atoms with van der Waals surface area (Å²) < 4.78 is 6.56. The Bertz CT molecular complexity index is 3660. The van der Waals surface area contributed by atoms with Gasteiger partial charge in [-0.2, -0.15) is 9.97 Å². The molecular formula is C60H46N4O. The molecule has 0 saturated carbocycles. The minimum absolute atomic E-state index is 0.130. The van der Waals surface area contributed by atoms with E-state index in [1.54, 1.807) is 0 Å². The van der Waals surface area contributed by atoms with Crippen molar-refractivity contribution in [2.45, 2.75) is 57.8 Å². The number of hydrogen-bond acceptors (Lipinski definition) is 5. The van der Waals surface area contributed by atoms with Crippen LogP contribution in [0.4, 0.5) is 17.3 Å². The van der Waals surface area contributed by atoms with Gasteiger partial charge in [0.05, 0.1) is 11.1 Å². The van der Waals surface area contributed by atoms with Crippen molar-refractivity contribution in [3.63, 3.8) is 0 Å². The summed E-state index contributed by atoms with van der Waals surface area (Å²) in [7, 11) is 0. The number of hydrogen-bond donors (Lipinski definition) is 0. The number of fused-ring (bicyclic) bond motifs is 12. The van der Waals surface area contributed by atoms with Gasteiger partial charge in [-0.1, -0.05) is 175 Å². The Morgan fingerprint density at radius 2 is 0.954 bits per heavy atom. The van der Waals surface area contributed by atoms with Crippen molar-refractivity contribution in [1.29, 1.82) is 0 Å². The van der Waals surface area contributed by atoms with Gasteiger partial charge < -0.3 is 4.42 Å². The molecule has 0 bridgehead atoms. The molecule has 312 valence electrons. The molecule has 0 unspecified atom stereocenters. The predicted molar refractivity (Wildman–Crippen MR) is 265 cm³/mol. The number of rotatable bonds is 5. The minimum Gasteiger partial charge on any atom is -0.456 e. The summed E-state index contributed by atoms with van der Waals surface area (Å²) >= 11 is 0. The number of aromatic nitrogens is 3. The van der Waals surface area contributed by atoms with Crippen LogP contribution in [-0.2, 0) is 16.2 Å². The maximum atomic E-state index is 6.56. The smallest absolute Gasteiger partial charge is 0.238 e. The van der Waals surface area contributed by atoms with E-state index in [1.807, 2.05) is 12.1 Å². The van der Waals surface area contributed by atoms with Crippen LogP contribution in [0.5, 0.6) is 0 Å². The summed E-state index contributed by atoms with van der Waals surface area (Å²) in [5, 5.41) is 2.04. The lowest BCUT2D eigenvalue weighted by molar-refractivity contribution is 0.660. The van der Waals surface area contributed by atoms with Crippen LogP contribution >= 0.6 is 0 Å². The molecule has 0 spiro atoms. The van der Waals surface area contributed by atoms with Crippen molar-refractivity contribution in [3.8, 4) is 56.2 Å². The van der Waals surface area contributed by atoms with E-state index in [1.165, 1.54) is 66.8 Å².